The van der Waals surface area contributed by atoms with Crippen LogP contribution >= 0.6 is 23.1 Å². The SMILES string of the molecule is CSc1ccc(C(C)Nc2nnc(CC(C)C)s2)cc1. The van der Waals surface area contributed by atoms with E-state index in [-0.39, 0.29) is 6.04 Å². The number of thioether (sulfide) groups is 1. The van der Waals surface area contributed by atoms with Gasteiger partial charge in [0.25, 0.3) is 0 Å². The number of benzene rings is 1. The van der Waals surface area contributed by atoms with Gasteiger partial charge in [0.15, 0.2) is 0 Å². The van der Waals surface area contributed by atoms with Crippen molar-refractivity contribution in [2.24, 2.45) is 5.92 Å². The van der Waals surface area contributed by atoms with Crippen LogP contribution in [0.2, 0.25) is 0 Å². The molecule has 1 heterocycles. The predicted octanol–water partition coefficient (Wildman–Crippen LogP) is 4.63. The number of nitrogens with zero attached hydrogens (tertiary/aromatic N) is 2. The monoisotopic (exact) mass is 307 g/mol. The topological polar surface area (TPSA) is 37.8 Å². The molecule has 0 amide bonds. The summed E-state index contributed by atoms with van der Waals surface area (Å²) in [5.41, 5.74) is 1.27. The molecule has 1 aromatic carbocycles. The quantitative estimate of drug-likeness (QED) is 0.789. The van der Waals surface area contributed by atoms with Gasteiger partial charge in [0.2, 0.25) is 5.13 Å². The van der Waals surface area contributed by atoms with Crippen LogP contribution in [0.15, 0.2) is 29.2 Å². The molecule has 0 saturated carbocycles. The Bertz CT molecular complexity index is 534. The maximum Gasteiger partial charge on any atom is 0.206 e. The van der Waals surface area contributed by atoms with Crippen molar-refractivity contribution < 1.29 is 0 Å². The van der Waals surface area contributed by atoms with Crippen molar-refractivity contribution in [1.82, 2.24) is 10.2 Å². The van der Waals surface area contributed by atoms with Gasteiger partial charge in [0.1, 0.15) is 5.01 Å². The van der Waals surface area contributed by atoms with Gasteiger partial charge in [0, 0.05) is 11.3 Å². The number of anilines is 1. The molecule has 5 heteroatoms. The summed E-state index contributed by atoms with van der Waals surface area (Å²) in [6.45, 7) is 6.55. The van der Waals surface area contributed by atoms with Crippen molar-refractivity contribution in [1.29, 1.82) is 0 Å². The largest absolute Gasteiger partial charge is 0.354 e. The van der Waals surface area contributed by atoms with E-state index in [9.17, 15) is 0 Å². The minimum absolute atomic E-state index is 0.241. The lowest BCUT2D eigenvalue weighted by atomic mass is 10.1. The van der Waals surface area contributed by atoms with Crippen molar-refractivity contribution in [3.63, 3.8) is 0 Å². The fourth-order valence-electron chi connectivity index (χ4n) is 1.90. The molecule has 0 aliphatic heterocycles. The first kappa shape index (κ1) is 15.3. The van der Waals surface area contributed by atoms with Gasteiger partial charge in [0.05, 0.1) is 6.04 Å². The zero-order chi connectivity index (χ0) is 14.5. The van der Waals surface area contributed by atoms with Crippen LogP contribution in [-0.2, 0) is 6.42 Å². The molecule has 1 atom stereocenters. The van der Waals surface area contributed by atoms with Gasteiger partial charge >= 0.3 is 0 Å². The molecular formula is C15H21N3S2. The Kier molecular flexibility index (Phi) is 5.43. The Morgan fingerprint density at radius 1 is 1.15 bits per heavy atom. The van der Waals surface area contributed by atoms with E-state index in [1.165, 1.54) is 10.5 Å². The second-order valence-corrected chi connectivity index (χ2v) is 7.18. The fourth-order valence-corrected chi connectivity index (χ4v) is 3.35. The summed E-state index contributed by atoms with van der Waals surface area (Å²) in [4.78, 5) is 1.29. The Balaban J connectivity index is 1.99. The maximum absolute atomic E-state index is 4.23. The minimum atomic E-state index is 0.241. The summed E-state index contributed by atoms with van der Waals surface area (Å²) in [5.74, 6) is 0.618. The molecule has 2 rings (SSSR count). The Labute approximate surface area is 129 Å². The van der Waals surface area contributed by atoms with Crippen LogP contribution in [-0.4, -0.2) is 16.5 Å². The molecule has 0 radical (unpaired) electrons. The molecule has 1 unspecified atom stereocenters. The van der Waals surface area contributed by atoms with E-state index < -0.39 is 0 Å². The van der Waals surface area contributed by atoms with Crippen molar-refractivity contribution in [3.8, 4) is 0 Å². The molecule has 0 fully saturated rings. The highest BCUT2D eigenvalue weighted by atomic mass is 32.2. The zero-order valence-electron chi connectivity index (χ0n) is 12.4. The van der Waals surface area contributed by atoms with Crippen molar-refractivity contribution in [3.05, 3.63) is 34.8 Å². The lowest BCUT2D eigenvalue weighted by Gasteiger charge is -2.13. The average Bonchev–Trinajstić information content (AvgIpc) is 2.85. The minimum Gasteiger partial charge on any atom is -0.354 e. The van der Waals surface area contributed by atoms with Gasteiger partial charge in [-0.1, -0.05) is 37.3 Å². The molecule has 0 aliphatic carbocycles. The van der Waals surface area contributed by atoms with Crippen LogP contribution in [0.25, 0.3) is 0 Å². The molecule has 2 aromatic rings. The molecule has 0 spiro atoms. The number of nitrogens with one attached hydrogen (secondary N) is 1. The number of aromatic nitrogens is 2. The van der Waals surface area contributed by atoms with E-state index in [1.54, 1.807) is 23.1 Å². The summed E-state index contributed by atoms with van der Waals surface area (Å²) < 4.78 is 0. The van der Waals surface area contributed by atoms with Crippen LogP contribution in [0, 0.1) is 5.92 Å². The van der Waals surface area contributed by atoms with E-state index in [0.29, 0.717) is 5.92 Å². The fraction of sp³-hybridized carbons (Fsp3) is 0.467. The maximum atomic E-state index is 4.23. The average molecular weight is 307 g/mol. The zero-order valence-corrected chi connectivity index (χ0v) is 14.0. The molecule has 1 N–H and O–H groups in total. The summed E-state index contributed by atoms with van der Waals surface area (Å²) >= 11 is 3.42. The van der Waals surface area contributed by atoms with E-state index in [2.05, 4.69) is 66.8 Å². The first-order chi connectivity index (χ1) is 9.58. The lowest BCUT2D eigenvalue weighted by Crippen LogP contribution is -2.06. The number of hydrogen-bond donors (Lipinski definition) is 1. The highest BCUT2D eigenvalue weighted by Gasteiger charge is 2.10. The second-order valence-electron chi connectivity index (χ2n) is 5.24. The van der Waals surface area contributed by atoms with Gasteiger partial charge in [-0.25, -0.2) is 0 Å². The third-order valence-electron chi connectivity index (χ3n) is 3.01. The molecule has 1 aromatic heterocycles. The van der Waals surface area contributed by atoms with Gasteiger partial charge in [-0.3, -0.25) is 0 Å². The third-order valence-corrected chi connectivity index (χ3v) is 4.63. The summed E-state index contributed by atoms with van der Waals surface area (Å²) in [5, 5.41) is 13.9. The van der Waals surface area contributed by atoms with Gasteiger partial charge in [-0.2, -0.15) is 0 Å². The standard InChI is InChI=1S/C15H21N3S2/c1-10(2)9-14-17-18-15(20-14)16-11(3)12-5-7-13(19-4)8-6-12/h5-8,10-11H,9H2,1-4H3,(H,16,18). The highest BCUT2D eigenvalue weighted by molar-refractivity contribution is 7.98. The normalized spacial score (nSPS) is 12.7. The molecule has 0 saturated heterocycles. The van der Waals surface area contributed by atoms with Crippen LogP contribution in [0.5, 0.6) is 0 Å². The van der Waals surface area contributed by atoms with Crippen LogP contribution in [0.4, 0.5) is 5.13 Å². The summed E-state index contributed by atoms with van der Waals surface area (Å²) in [6, 6.07) is 8.88. The van der Waals surface area contributed by atoms with Gasteiger partial charge < -0.3 is 5.32 Å². The van der Waals surface area contributed by atoms with Crippen molar-refractivity contribution >= 4 is 28.2 Å². The highest BCUT2D eigenvalue weighted by Crippen LogP contribution is 2.25. The van der Waals surface area contributed by atoms with Crippen LogP contribution in [0.3, 0.4) is 0 Å². The number of rotatable bonds is 6. The molecule has 3 nitrogen and oxygen atoms in total. The number of hydrogen-bond acceptors (Lipinski definition) is 5. The van der Waals surface area contributed by atoms with Crippen molar-refractivity contribution in [2.45, 2.75) is 38.1 Å². The first-order valence-electron chi connectivity index (χ1n) is 6.81. The molecular weight excluding hydrogens is 286 g/mol. The van der Waals surface area contributed by atoms with Crippen LogP contribution in [0.1, 0.15) is 37.4 Å². The van der Waals surface area contributed by atoms with Crippen molar-refractivity contribution in [2.75, 3.05) is 11.6 Å². The van der Waals surface area contributed by atoms with E-state index in [0.717, 1.165) is 16.6 Å². The smallest absolute Gasteiger partial charge is 0.206 e. The second kappa shape index (κ2) is 7.09. The molecule has 20 heavy (non-hydrogen) atoms. The Morgan fingerprint density at radius 2 is 1.85 bits per heavy atom. The molecule has 108 valence electrons. The Hall–Kier alpha value is -1.07. The van der Waals surface area contributed by atoms with E-state index >= 15 is 0 Å². The molecule has 0 aliphatic rings. The van der Waals surface area contributed by atoms with Gasteiger partial charge in [-0.05, 0) is 36.8 Å². The lowest BCUT2D eigenvalue weighted by molar-refractivity contribution is 0.640. The third kappa shape index (κ3) is 4.21. The van der Waals surface area contributed by atoms with Crippen LogP contribution < -0.4 is 5.32 Å². The summed E-state index contributed by atoms with van der Waals surface area (Å²) in [7, 11) is 0. The predicted molar refractivity (Wildman–Crippen MR) is 88.7 cm³/mol. The first-order valence-corrected chi connectivity index (χ1v) is 8.85. The Morgan fingerprint density at radius 3 is 2.45 bits per heavy atom. The summed E-state index contributed by atoms with van der Waals surface area (Å²) in [6.07, 6.45) is 3.09. The molecule has 0 bridgehead atoms. The van der Waals surface area contributed by atoms with Gasteiger partial charge in [-0.15, -0.1) is 22.0 Å². The van der Waals surface area contributed by atoms with E-state index in [4.69, 9.17) is 0 Å². The van der Waals surface area contributed by atoms with E-state index in [1.807, 2.05) is 0 Å².